The molecule has 2 unspecified atom stereocenters. The van der Waals surface area contributed by atoms with Gasteiger partial charge in [-0.3, -0.25) is 0 Å². The number of benzene rings is 1. The third kappa shape index (κ3) is 5.30. The van der Waals surface area contributed by atoms with Crippen molar-refractivity contribution in [1.82, 2.24) is 4.72 Å². The second-order valence-electron chi connectivity index (χ2n) is 7.75. The highest BCUT2D eigenvalue weighted by Gasteiger charge is 2.26. The van der Waals surface area contributed by atoms with Crippen LogP contribution in [0.4, 0.5) is 0 Å². The quantitative estimate of drug-likeness (QED) is 0.821. The normalized spacial score (nSPS) is 22.3. The predicted molar refractivity (Wildman–Crippen MR) is 101 cm³/mol. The second-order valence-corrected chi connectivity index (χ2v) is 9.50. The molecule has 1 saturated carbocycles. The van der Waals surface area contributed by atoms with E-state index < -0.39 is 10.0 Å². The zero-order valence-corrected chi connectivity index (χ0v) is 16.2. The monoisotopic (exact) mass is 352 g/mol. The minimum atomic E-state index is -3.38. The summed E-state index contributed by atoms with van der Waals surface area (Å²) in [4.78, 5) is 0. The van der Waals surface area contributed by atoms with Gasteiger partial charge in [0.25, 0.3) is 0 Å². The van der Waals surface area contributed by atoms with Crippen LogP contribution in [0.3, 0.4) is 0 Å². The molecule has 0 heterocycles. The number of hydrogen-bond donors (Lipinski definition) is 2. The summed E-state index contributed by atoms with van der Waals surface area (Å²) in [6.45, 7) is 8.54. The summed E-state index contributed by atoms with van der Waals surface area (Å²) in [5, 5.41) is 0. The van der Waals surface area contributed by atoms with Crippen molar-refractivity contribution in [2.45, 2.75) is 83.1 Å². The van der Waals surface area contributed by atoms with Crippen LogP contribution in [0.5, 0.6) is 0 Å². The summed E-state index contributed by atoms with van der Waals surface area (Å²) >= 11 is 0. The molecule has 0 amide bonds. The third-order valence-corrected chi connectivity index (χ3v) is 6.25. The van der Waals surface area contributed by atoms with E-state index in [1.807, 2.05) is 12.1 Å². The van der Waals surface area contributed by atoms with Gasteiger partial charge in [-0.15, -0.1) is 0 Å². The highest BCUT2D eigenvalue weighted by atomic mass is 32.2. The Morgan fingerprint density at radius 3 is 2.08 bits per heavy atom. The number of nitrogens with one attached hydrogen (secondary N) is 1. The highest BCUT2D eigenvalue weighted by molar-refractivity contribution is 7.88. The van der Waals surface area contributed by atoms with Gasteiger partial charge in [0.05, 0.1) is 5.75 Å². The molecule has 4 nitrogen and oxygen atoms in total. The highest BCUT2D eigenvalue weighted by Crippen LogP contribution is 2.25. The summed E-state index contributed by atoms with van der Waals surface area (Å²) in [5.41, 5.74) is 9.33. The molecule has 0 bridgehead atoms. The Labute approximate surface area is 147 Å². The maximum absolute atomic E-state index is 12.6. The van der Waals surface area contributed by atoms with E-state index in [2.05, 4.69) is 38.5 Å². The van der Waals surface area contributed by atoms with Crippen molar-refractivity contribution in [1.29, 1.82) is 0 Å². The zero-order valence-electron chi connectivity index (χ0n) is 15.4. The molecule has 1 aromatic carbocycles. The lowest BCUT2D eigenvalue weighted by Crippen LogP contribution is -2.49. The van der Waals surface area contributed by atoms with Crippen molar-refractivity contribution < 1.29 is 8.42 Å². The first-order chi connectivity index (χ1) is 11.2. The lowest BCUT2D eigenvalue weighted by atomic mass is 9.92. The summed E-state index contributed by atoms with van der Waals surface area (Å²) in [6, 6.07) is 6.05. The minimum absolute atomic E-state index is 0.0243. The lowest BCUT2D eigenvalue weighted by Gasteiger charge is -2.29. The lowest BCUT2D eigenvalue weighted by molar-refractivity contribution is 0.361. The molecule has 0 aromatic heterocycles. The molecule has 1 aliphatic rings. The Hall–Kier alpha value is -0.910. The fraction of sp³-hybridized carbons (Fsp3) is 0.684. The number of rotatable bonds is 6. The molecule has 3 N–H and O–H groups in total. The van der Waals surface area contributed by atoms with Crippen LogP contribution in [0.1, 0.15) is 81.9 Å². The predicted octanol–water partition coefficient (Wildman–Crippen LogP) is 3.62. The molecule has 5 heteroatoms. The topological polar surface area (TPSA) is 72.2 Å². The fourth-order valence-electron chi connectivity index (χ4n) is 3.29. The van der Waals surface area contributed by atoms with Gasteiger partial charge in [0, 0.05) is 12.1 Å². The number of hydrogen-bond acceptors (Lipinski definition) is 3. The minimum Gasteiger partial charge on any atom is -0.326 e. The summed E-state index contributed by atoms with van der Waals surface area (Å²) < 4.78 is 28.1. The van der Waals surface area contributed by atoms with E-state index >= 15 is 0 Å². The Balaban J connectivity index is 2.19. The molecule has 0 aliphatic heterocycles. The van der Waals surface area contributed by atoms with Crippen LogP contribution >= 0.6 is 0 Å². The van der Waals surface area contributed by atoms with Gasteiger partial charge in [-0.2, -0.15) is 0 Å². The number of sulfonamides is 1. The van der Waals surface area contributed by atoms with Crippen LogP contribution in [0.2, 0.25) is 0 Å². The van der Waals surface area contributed by atoms with Gasteiger partial charge < -0.3 is 5.73 Å². The molecule has 0 radical (unpaired) electrons. The van der Waals surface area contributed by atoms with Crippen molar-refractivity contribution in [3.63, 3.8) is 0 Å². The third-order valence-electron chi connectivity index (χ3n) is 4.88. The summed E-state index contributed by atoms with van der Waals surface area (Å²) in [7, 11) is -3.38. The largest absolute Gasteiger partial charge is 0.326 e. The van der Waals surface area contributed by atoms with Gasteiger partial charge in [0.15, 0.2) is 0 Å². The maximum Gasteiger partial charge on any atom is 0.216 e. The maximum atomic E-state index is 12.6. The molecule has 1 fully saturated rings. The van der Waals surface area contributed by atoms with Gasteiger partial charge >= 0.3 is 0 Å². The van der Waals surface area contributed by atoms with Crippen LogP contribution < -0.4 is 10.5 Å². The Morgan fingerprint density at radius 1 is 1.04 bits per heavy atom. The van der Waals surface area contributed by atoms with Crippen LogP contribution in [-0.4, -0.2) is 20.5 Å². The number of nitrogens with two attached hydrogens (primary N) is 1. The smallest absolute Gasteiger partial charge is 0.216 e. The molecule has 0 saturated heterocycles. The molecule has 1 aliphatic carbocycles. The Morgan fingerprint density at radius 2 is 1.58 bits per heavy atom. The summed E-state index contributed by atoms with van der Waals surface area (Å²) in [5.74, 6) is 0.783. The van der Waals surface area contributed by atoms with Crippen LogP contribution in [-0.2, 0) is 15.8 Å². The van der Waals surface area contributed by atoms with Crippen molar-refractivity contribution in [2.24, 2.45) is 5.73 Å². The molecule has 136 valence electrons. The van der Waals surface area contributed by atoms with Crippen molar-refractivity contribution in [3.05, 3.63) is 34.9 Å². The average molecular weight is 353 g/mol. The molecule has 24 heavy (non-hydrogen) atoms. The van der Waals surface area contributed by atoms with Crippen molar-refractivity contribution in [2.75, 3.05) is 0 Å². The molecular formula is C19H32N2O2S. The van der Waals surface area contributed by atoms with Crippen LogP contribution in [0, 0.1) is 0 Å². The SMILES string of the molecule is CC(C)c1cc(CS(=O)(=O)NC2CCCCC2N)cc(C(C)C)c1. The van der Waals surface area contributed by atoms with Gasteiger partial charge in [0.2, 0.25) is 10.0 Å². The van der Waals surface area contributed by atoms with Gasteiger partial charge in [-0.25, -0.2) is 13.1 Å². The zero-order chi connectivity index (χ0) is 17.9. The Bertz CT molecular complexity index is 627. The molecule has 1 aromatic rings. The van der Waals surface area contributed by atoms with E-state index in [0.717, 1.165) is 31.2 Å². The van der Waals surface area contributed by atoms with E-state index in [-0.39, 0.29) is 17.8 Å². The van der Waals surface area contributed by atoms with Crippen molar-refractivity contribution in [3.8, 4) is 0 Å². The first-order valence-corrected chi connectivity index (χ1v) is 10.7. The van der Waals surface area contributed by atoms with Gasteiger partial charge in [-0.05, 0) is 41.4 Å². The molecule has 0 spiro atoms. The first kappa shape index (κ1) is 19.4. The van der Waals surface area contributed by atoms with Crippen LogP contribution in [0.15, 0.2) is 18.2 Å². The van der Waals surface area contributed by atoms with Gasteiger partial charge in [0.1, 0.15) is 0 Å². The average Bonchev–Trinajstić information content (AvgIpc) is 2.48. The van der Waals surface area contributed by atoms with Crippen LogP contribution in [0.25, 0.3) is 0 Å². The molecule has 2 rings (SSSR count). The van der Waals surface area contributed by atoms with E-state index in [9.17, 15) is 8.42 Å². The van der Waals surface area contributed by atoms with Gasteiger partial charge in [-0.1, -0.05) is 58.7 Å². The molecule has 2 atom stereocenters. The van der Waals surface area contributed by atoms with E-state index in [0.29, 0.717) is 11.8 Å². The summed E-state index contributed by atoms with van der Waals surface area (Å²) in [6.07, 6.45) is 3.87. The van der Waals surface area contributed by atoms with E-state index in [4.69, 9.17) is 5.73 Å². The Kier molecular flexibility index (Phi) is 6.46. The standard InChI is InChI=1S/C19H32N2O2S/c1-13(2)16-9-15(10-17(11-16)14(3)4)12-24(22,23)21-19-8-6-5-7-18(19)20/h9-11,13-14,18-19,21H,5-8,12,20H2,1-4H3. The van der Waals surface area contributed by atoms with E-state index in [1.165, 1.54) is 11.1 Å². The second kappa shape index (κ2) is 7.98. The fourth-order valence-corrected chi connectivity index (χ4v) is 4.74. The van der Waals surface area contributed by atoms with E-state index in [1.54, 1.807) is 0 Å². The molecular weight excluding hydrogens is 320 g/mol. The van der Waals surface area contributed by atoms with Crippen molar-refractivity contribution >= 4 is 10.0 Å². The first-order valence-electron chi connectivity index (χ1n) is 9.07.